The molecule has 0 aliphatic heterocycles. The molecule has 1 unspecified atom stereocenters. The van der Waals surface area contributed by atoms with Crippen LogP contribution in [0.25, 0.3) is 0 Å². The highest BCUT2D eigenvalue weighted by Crippen LogP contribution is 2.37. The molecule has 30 heavy (non-hydrogen) atoms. The van der Waals surface area contributed by atoms with Crippen LogP contribution in [-0.2, 0) is 10.8 Å². The van der Waals surface area contributed by atoms with E-state index < -0.39 is 26.1 Å². The maximum Gasteiger partial charge on any atom is 0.275 e. The van der Waals surface area contributed by atoms with Crippen molar-refractivity contribution in [3.63, 3.8) is 0 Å². The first-order chi connectivity index (χ1) is 14.2. The fraction of sp³-hybridized carbons (Fsp3) is 0.478. The number of hydrogen-bond acceptors (Lipinski definition) is 3. The summed E-state index contributed by atoms with van der Waals surface area (Å²) in [6.45, 7) is 8.27. The van der Waals surface area contributed by atoms with Crippen molar-refractivity contribution >= 4 is 14.0 Å². The van der Waals surface area contributed by atoms with Crippen LogP contribution in [0.3, 0.4) is 0 Å². The standard InChI is InChI=1S/C23H31F2NO3Si/c1-5-30(6-2,7-3)29-23(21-13-17(4)11-12-22(21)26(27)28)10-8-9-18-14-19(24)16-20(25)15-18/h11-16,23H,5-10H2,1-4H3. The van der Waals surface area contributed by atoms with Crippen LogP contribution < -0.4 is 0 Å². The van der Waals surface area contributed by atoms with Crippen molar-refractivity contribution in [1.29, 1.82) is 0 Å². The fourth-order valence-corrected chi connectivity index (χ4v) is 6.77. The molecule has 0 saturated heterocycles. The molecule has 7 heteroatoms. The van der Waals surface area contributed by atoms with Gasteiger partial charge in [-0.1, -0.05) is 32.4 Å². The van der Waals surface area contributed by atoms with E-state index in [1.807, 2.05) is 13.0 Å². The van der Waals surface area contributed by atoms with E-state index >= 15 is 0 Å². The minimum absolute atomic E-state index is 0.0635. The van der Waals surface area contributed by atoms with Crippen LogP contribution in [0.15, 0.2) is 36.4 Å². The number of benzene rings is 2. The lowest BCUT2D eigenvalue weighted by molar-refractivity contribution is -0.386. The van der Waals surface area contributed by atoms with Gasteiger partial charge >= 0.3 is 0 Å². The van der Waals surface area contributed by atoms with Crippen LogP contribution in [0.4, 0.5) is 14.5 Å². The average Bonchev–Trinajstić information content (AvgIpc) is 2.70. The largest absolute Gasteiger partial charge is 0.410 e. The van der Waals surface area contributed by atoms with Crippen LogP contribution in [0.2, 0.25) is 18.1 Å². The predicted octanol–water partition coefficient (Wildman–Crippen LogP) is 7.27. The summed E-state index contributed by atoms with van der Waals surface area (Å²) in [7, 11) is -2.03. The molecule has 0 aliphatic carbocycles. The van der Waals surface area contributed by atoms with E-state index in [0.29, 0.717) is 30.4 Å². The van der Waals surface area contributed by atoms with Gasteiger partial charge in [0.05, 0.1) is 16.6 Å². The number of nitrogens with zero attached hydrogens (tertiary/aromatic N) is 1. The summed E-state index contributed by atoms with van der Waals surface area (Å²) < 4.78 is 33.7. The lowest BCUT2D eigenvalue weighted by atomic mass is 9.98. The second-order valence-electron chi connectivity index (χ2n) is 7.84. The SMILES string of the molecule is CC[Si](CC)(CC)OC(CCCc1cc(F)cc(F)c1)c1cc(C)ccc1[N+](=O)[O-]. The van der Waals surface area contributed by atoms with Crippen molar-refractivity contribution in [3.05, 3.63) is 74.8 Å². The third-order valence-electron chi connectivity index (χ3n) is 5.91. The van der Waals surface area contributed by atoms with Gasteiger partial charge in [-0.15, -0.1) is 0 Å². The number of nitro groups is 1. The summed E-state index contributed by atoms with van der Waals surface area (Å²) in [5.74, 6) is -1.19. The van der Waals surface area contributed by atoms with E-state index in [-0.39, 0.29) is 10.6 Å². The average molecular weight is 436 g/mol. The Balaban J connectivity index is 2.32. The van der Waals surface area contributed by atoms with Gasteiger partial charge in [0.2, 0.25) is 0 Å². The summed E-state index contributed by atoms with van der Waals surface area (Å²) in [6, 6.07) is 11.4. The molecule has 0 spiro atoms. The van der Waals surface area contributed by atoms with Gasteiger partial charge in [0.1, 0.15) is 11.6 Å². The van der Waals surface area contributed by atoms with Crippen molar-refractivity contribution in [2.45, 2.75) is 71.2 Å². The molecule has 0 N–H and O–H groups in total. The normalized spacial score (nSPS) is 12.7. The molecule has 0 aliphatic rings. The van der Waals surface area contributed by atoms with Gasteiger partial charge in [0, 0.05) is 12.1 Å². The number of hydrogen-bond donors (Lipinski definition) is 0. The van der Waals surface area contributed by atoms with Gasteiger partial charge in [0.15, 0.2) is 8.32 Å². The van der Waals surface area contributed by atoms with Gasteiger partial charge in [-0.3, -0.25) is 10.1 Å². The van der Waals surface area contributed by atoms with Crippen molar-refractivity contribution in [1.82, 2.24) is 0 Å². The first-order valence-electron chi connectivity index (χ1n) is 10.6. The van der Waals surface area contributed by atoms with E-state index in [2.05, 4.69) is 20.8 Å². The summed E-state index contributed by atoms with van der Waals surface area (Å²) in [5, 5.41) is 11.7. The number of nitro benzene ring substituents is 1. The van der Waals surface area contributed by atoms with E-state index in [1.165, 1.54) is 18.2 Å². The second-order valence-corrected chi connectivity index (χ2v) is 12.6. The van der Waals surface area contributed by atoms with Crippen LogP contribution in [0.1, 0.15) is 56.4 Å². The zero-order valence-electron chi connectivity index (χ0n) is 18.2. The van der Waals surface area contributed by atoms with Crippen LogP contribution in [0.5, 0.6) is 0 Å². The number of halogens is 2. The molecule has 0 bridgehead atoms. The number of rotatable bonds is 11. The van der Waals surface area contributed by atoms with Crippen LogP contribution in [0, 0.1) is 28.7 Å². The van der Waals surface area contributed by atoms with E-state index in [1.54, 1.807) is 6.07 Å². The molecule has 4 nitrogen and oxygen atoms in total. The Morgan fingerprint density at radius 1 is 1.03 bits per heavy atom. The topological polar surface area (TPSA) is 52.4 Å². The zero-order chi connectivity index (χ0) is 22.3. The Labute approximate surface area is 178 Å². The summed E-state index contributed by atoms with van der Waals surface area (Å²) in [5.41, 5.74) is 2.18. The Kier molecular flexibility index (Phi) is 8.67. The summed E-state index contributed by atoms with van der Waals surface area (Å²) in [4.78, 5) is 11.3. The molecule has 0 amide bonds. The van der Waals surface area contributed by atoms with Gasteiger partial charge in [0.25, 0.3) is 5.69 Å². The smallest absolute Gasteiger partial charge is 0.275 e. The minimum atomic E-state index is -2.03. The van der Waals surface area contributed by atoms with E-state index in [0.717, 1.165) is 29.8 Å². The van der Waals surface area contributed by atoms with Crippen molar-refractivity contribution in [3.8, 4) is 0 Å². The van der Waals surface area contributed by atoms with Crippen molar-refractivity contribution < 1.29 is 18.1 Å². The Morgan fingerprint density at radius 3 is 2.17 bits per heavy atom. The predicted molar refractivity (Wildman–Crippen MR) is 118 cm³/mol. The molecule has 2 rings (SSSR count). The molecule has 0 aromatic heterocycles. The number of aryl methyl sites for hydroxylation is 2. The van der Waals surface area contributed by atoms with E-state index in [9.17, 15) is 18.9 Å². The molecule has 164 valence electrons. The quantitative estimate of drug-likeness (QED) is 0.212. The van der Waals surface area contributed by atoms with Gasteiger partial charge in [-0.2, -0.15) is 0 Å². The maximum absolute atomic E-state index is 13.5. The third kappa shape index (κ3) is 6.19. The lowest BCUT2D eigenvalue weighted by Gasteiger charge is -2.33. The van der Waals surface area contributed by atoms with Gasteiger partial charge in [-0.05, 0) is 68.1 Å². The summed E-state index contributed by atoms with van der Waals surface area (Å²) in [6.07, 6.45) is 1.24. The first-order valence-corrected chi connectivity index (χ1v) is 13.1. The van der Waals surface area contributed by atoms with E-state index in [4.69, 9.17) is 4.43 Å². The highest BCUT2D eigenvalue weighted by molar-refractivity contribution is 6.73. The first kappa shape index (κ1) is 24.1. The minimum Gasteiger partial charge on any atom is -0.410 e. The highest BCUT2D eigenvalue weighted by Gasteiger charge is 2.34. The Hall–Kier alpha value is -2.12. The third-order valence-corrected chi connectivity index (χ3v) is 10.6. The Bertz CT molecular complexity index is 843. The van der Waals surface area contributed by atoms with Crippen molar-refractivity contribution in [2.75, 3.05) is 0 Å². The zero-order valence-corrected chi connectivity index (χ0v) is 19.2. The lowest BCUT2D eigenvalue weighted by Crippen LogP contribution is -2.37. The second kappa shape index (κ2) is 10.8. The maximum atomic E-state index is 13.5. The summed E-state index contributed by atoms with van der Waals surface area (Å²) >= 11 is 0. The molecule has 1 atom stereocenters. The highest BCUT2D eigenvalue weighted by atomic mass is 28.4. The van der Waals surface area contributed by atoms with Crippen molar-refractivity contribution in [2.24, 2.45) is 0 Å². The van der Waals surface area contributed by atoms with Crippen LogP contribution >= 0.6 is 0 Å². The molecular formula is C23H31F2NO3Si. The molecule has 0 radical (unpaired) electrons. The monoisotopic (exact) mass is 435 g/mol. The molecule has 0 saturated carbocycles. The molecule has 0 heterocycles. The fourth-order valence-electron chi connectivity index (χ4n) is 3.92. The van der Waals surface area contributed by atoms with Gasteiger partial charge in [-0.25, -0.2) is 8.78 Å². The van der Waals surface area contributed by atoms with Gasteiger partial charge < -0.3 is 4.43 Å². The Morgan fingerprint density at radius 2 is 1.63 bits per heavy atom. The molecule has 0 fully saturated rings. The van der Waals surface area contributed by atoms with Crippen LogP contribution in [-0.4, -0.2) is 13.2 Å². The molecular weight excluding hydrogens is 404 g/mol. The molecule has 2 aromatic rings. The molecule has 2 aromatic carbocycles.